The van der Waals surface area contributed by atoms with Crippen LogP contribution in [-0.2, 0) is 28.6 Å². The molecule has 1 atom stereocenters. The number of ether oxygens (including phenoxy) is 3. The standard InChI is InChI=1S/C59H106O6/c1-4-7-10-13-16-19-22-25-26-27-28-29-30-31-32-35-37-40-43-46-49-52-58(61)64-55-56(65-59(62)53-50-47-44-41-38-34-24-21-18-15-12-9-6-3)54-63-57(60)51-48-45-42-39-36-33-23-20-17-14-11-8-5-2/h9,12,18,20-21,23,34,38,56H,4-8,10-11,13-17,19,22,24-33,35-37,39-55H2,1-3H3/b12-9-,21-18-,23-20-,38-34-. The van der Waals surface area contributed by atoms with Crippen LogP contribution in [-0.4, -0.2) is 37.2 Å². The molecule has 0 heterocycles. The number of carbonyl (C=O) groups excluding carboxylic acids is 3. The second-order valence-electron chi connectivity index (χ2n) is 18.8. The van der Waals surface area contributed by atoms with Gasteiger partial charge in [-0.05, 0) is 77.0 Å². The zero-order chi connectivity index (χ0) is 47.2. The van der Waals surface area contributed by atoms with E-state index in [0.717, 1.165) is 89.9 Å². The minimum absolute atomic E-state index is 0.0849. The normalized spacial score (nSPS) is 12.4. The van der Waals surface area contributed by atoms with E-state index in [1.165, 1.54) is 161 Å². The van der Waals surface area contributed by atoms with Gasteiger partial charge >= 0.3 is 17.9 Å². The van der Waals surface area contributed by atoms with Crippen LogP contribution in [0.25, 0.3) is 0 Å². The molecule has 0 aromatic rings. The number of carbonyl (C=O) groups is 3. The first-order valence-corrected chi connectivity index (χ1v) is 28.1. The molecule has 6 nitrogen and oxygen atoms in total. The maximum atomic E-state index is 12.8. The van der Waals surface area contributed by atoms with Gasteiger partial charge in [0.15, 0.2) is 6.10 Å². The zero-order valence-corrected chi connectivity index (χ0v) is 43.3. The molecule has 378 valence electrons. The number of esters is 3. The van der Waals surface area contributed by atoms with Gasteiger partial charge in [-0.3, -0.25) is 14.4 Å². The Balaban J connectivity index is 4.30. The van der Waals surface area contributed by atoms with Gasteiger partial charge in [0.2, 0.25) is 0 Å². The number of rotatable bonds is 51. The summed E-state index contributed by atoms with van der Waals surface area (Å²) in [5.74, 6) is -0.912. The highest BCUT2D eigenvalue weighted by Crippen LogP contribution is 2.16. The van der Waals surface area contributed by atoms with Crippen molar-refractivity contribution in [2.24, 2.45) is 0 Å². The summed E-state index contributed by atoms with van der Waals surface area (Å²) < 4.78 is 16.8. The first-order valence-electron chi connectivity index (χ1n) is 28.1. The largest absolute Gasteiger partial charge is 0.462 e. The molecule has 65 heavy (non-hydrogen) atoms. The van der Waals surface area contributed by atoms with Crippen LogP contribution in [0.4, 0.5) is 0 Å². The molecular weight excluding hydrogens is 805 g/mol. The third-order valence-electron chi connectivity index (χ3n) is 12.3. The molecule has 0 saturated carbocycles. The Hall–Kier alpha value is -2.63. The lowest BCUT2D eigenvalue weighted by molar-refractivity contribution is -0.167. The zero-order valence-electron chi connectivity index (χ0n) is 43.3. The van der Waals surface area contributed by atoms with Crippen molar-refractivity contribution in [2.45, 2.75) is 297 Å². The lowest BCUT2D eigenvalue weighted by Crippen LogP contribution is -2.30. The van der Waals surface area contributed by atoms with Crippen LogP contribution in [0.2, 0.25) is 0 Å². The maximum Gasteiger partial charge on any atom is 0.306 e. The predicted molar refractivity (Wildman–Crippen MR) is 279 cm³/mol. The highest BCUT2D eigenvalue weighted by atomic mass is 16.6. The molecule has 0 aliphatic carbocycles. The molecule has 1 unspecified atom stereocenters. The number of allylic oxidation sites excluding steroid dienone is 8. The topological polar surface area (TPSA) is 78.9 Å². The van der Waals surface area contributed by atoms with E-state index < -0.39 is 6.10 Å². The third-order valence-corrected chi connectivity index (χ3v) is 12.3. The van der Waals surface area contributed by atoms with E-state index in [-0.39, 0.29) is 31.1 Å². The van der Waals surface area contributed by atoms with E-state index in [1.54, 1.807) is 0 Å². The summed E-state index contributed by atoms with van der Waals surface area (Å²) in [5.41, 5.74) is 0. The minimum Gasteiger partial charge on any atom is -0.462 e. The van der Waals surface area contributed by atoms with E-state index in [9.17, 15) is 14.4 Å². The summed E-state index contributed by atoms with van der Waals surface area (Å²) >= 11 is 0. The van der Waals surface area contributed by atoms with Crippen molar-refractivity contribution >= 4 is 17.9 Å². The summed E-state index contributed by atoms with van der Waals surface area (Å²) in [5, 5.41) is 0. The maximum absolute atomic E-state index is 12.8. The Morgan fingerprint density at radius 1 is 0.323 bits per heavy atom. The van der Waals surface area contributed by atoms with Gasteiger partial charge in [-0.15, -0.1) is 0 Å². The Morgan fingerprint density at radius 2 is 0.600 bits per heavy atom. The van der Waals surface area contributed by atoms with Gasteiger partial charge in [0, 0.05) is 19.3 Å². The molecule has 0 aromatic heterocycles. The Kier molecular flexibility index (Phi) is 51.8. The Morgan fingerprint density at radius 3 is 0.985 bits per heavy atom. The van der Waals surface area contributed by atoms with Gasteiger partial charge in [-0.2, -0.15) is 0 Å². The Bertz CT molecular complexity index is 1140. The molecule has 0 rings (SSSR count). The molecule has 0 saturated heterocycles. The molecule has 0 aliphatic heterocycles. The molecule has 6 heteroatoms. The van der Waals surface area contributed by atoms with Crippen molar-refractivity contribution in [3.05, 3.63) is 48.6 Å². The van der Waals surface area contributed by atoms with Gasteiger partial charge in [0.1, 0.15) is 13.2 Å². The molecule has 0 radical (unpaired) electrons. The lowest BCUT2D eigenvalue weighted by Gasteiger charge is -2.18. The summed E-state index contributed by atoms with van der Waals surface area (Å²) in [7, 11) is 0. The van der Waals surface area contributed by atoms with Gasteiger partial charge < -0.3 is 14.2 Å². The van der Waals surface area contributed by atoms with Crippen molar-refractivity contribution in [2.75, 3.05) is 13.2 Å². The monoisotopic (exact) mass is 911 g/mol. The van der Waals surface area contributed by atoms with Crippen molar-refractivity contribution in [1.29, 1.82) is 0 Å². The quantitative estimate of drug-likeness (QED) is 0.0262. The molecule has 0 bridgehead atoms. The predicted octanol–water partition coefficient (Wildman–Crippen LogP) is 18.7. The average Bonchev–Trinajstić information content (AvgIpc) is 3.30. The summed E-state index contributed by atoms with van der Waals surface area (Å²) in [6, 6.07) is 0. The van der Waals surface area contributed by atoms with Crippen molar-refractivity contribution in [3.8, 4) is 0 Å². The Labute approximate surface area is 403 Å². The third kappa shape index (κ3) is 52.2. The molecule has 0 fully saturated rings. The minimum atomic E-state index is -0.789. The van der Waals surface area contributed by atoms with Crippen LogP contribution < -0.4 is 0 Å². The fraction of sp³-hybridized carbons (Fsp3) is 0.814. The molecule has 0 spiro atoms. The highest BCUT2D eigenvalue weighted by molar-refractivity contribution is 5.71. The van der Waals surface area contributed by atoms with Gasteiger partial charge in [0.25, 0.3) is 0 Å². The van der Waals surface area contributed by atoms with E-state index >= 15 is 0 Å². The first-order chi connectivity index (χ1) is 32.0. The number of unbranched alkanes of at least 4 members (excludes halogenated alkanes) is 32. The molecule has 0 aromatic carbocycles. The van der Waals surface area contributed by atoms with Crippen LogP contribution >= 0.6 is 0 Å². The van der Waals surface area contributed by atoms with Crippen LogP contribution in [0.5, 0.6) is 0 Å². The number of hydrogen-bond acceptors (Lipinski definition) is 6. The van der Waals surface area contributed by atoms with Crippen LogP contribution in [0.15, 0.2) is 48.6 Å². The summed E-state index contributed by atoms with van der Waals surface area (Å²) in [6.45, 7) is 6.51. The second kappa shape index (κ2) is 54.0. The first kappa shape index (κ1) is 62.4. The van der Waals surface area contributed by atoms with Gasteiger partial charge in [-0.1, -0.05) is 243 Å². The van der Waals surface area contributed by atoms with Crippen LogP contribution in [0, 0.1) is 0 Å². The highest BCUT2D eigenvalue weighted by Gasteiger charge is 2.19. The van der Waals surface area contributed by atoms with E-state index in [1.807, 2.05) is 0 Å². The van der Waals surface area contributed by atoms with Crippen molar-refractivity contribution in [1.82, 2.24) is 0 Å². The van der Waals surface area contributed by atoms with Crippen LogP contribution in [0.3, 0.4) is 0 Å². The second-order valence-corrected chi connectivity index (χ2v) is 18.8. The van der Waals surface area contributed by atoms with Crippen LogP contribution in [0.1, 0.15) is 290 Å². The molecule has 0 amide bonds. The van der Waals surface area contributed by atoms with E-state index in [2.05, 4.69) is 69.4 Å². The molecule has 0 aliphatic rings. The lowest BCUT2D eigenvalue weighted by atomic mass is 10.0. The average molecular weight is 911 g/mol. The SMILES string of the molecule is CC/C=C\C/C=C\C/C=C\CCCCCC(=O)OC(COC(=O)CCCCCCC/C=C\CCCCCC)COC(=O)CCCCCCCCCCCCCCCCCCCCCCC. The molecular formula is C59H106O6. The summed E-state index contributed by atoms with van der Waals surface area (Å²) in [4.78, 5) is 38.0. The smallest absolute Gasteiger partial charge is 0.306 e. The van der Waals surface area contributed by atoms with Crippen molar-refractivity contribution in [3.63, 3.8) is 0 Å². The van der Waals surface area contributed by atoms with E-state index in [0.29, 0.717) is 19.3 Å². The molecule has 0 N–H and O–H groups in total. The fourth-order valence-corrected chi connectivity index (χ4v) is 8.10. The summed E-state index contributed by atoms with van der Waals surface area (Å²) in [6.07, 6.45) is 65.4. The van der Waals surface area contributed by atoms with Gasteiger partial charge in [0.05, 0.1) is 0 Å². The number of hydrogen-bond donors (Lipinski definition) is 0. The van der Waals surface area contributed by atoms with Crippen molar-refractivity contribution < 1.29 is 28.6 Å². The fourth-order valence-electron chi connectivity index (χ4n) is 8.10. The van der Waals surface area contributed by atoms with Gasteiger partial charge in [-0.25, -0.2) is 0 Å². The van der Waals surface area contributed by atoms with E-state index in [4.69, 9.17) is 14.2 Å².